The average Bonchev–Trinajstić information content (AvgIpc) is 3.47. The van der Waals surface area contributed by atoms with Crippen molar-refractivity contribution in [2.24, 2.45) is 0 Å². The van der Waals surface area contributed by atoms with E-state index in [-0.39, 0.29) is 35.9 Å². The lowest BCUT2D eigenvalue weighted by molar-refractivity contribution is -0.133. The van der Waals surface area contributed by atoms with Gasteiger partial charge in [-0.15, -0.1) is 23.7 Å². The molecule has 260 valence electrons. The summed E-state index contributed by atoms with van der Waals surface area (Å²) in [5.74, 6) is 0.283. The zero-order chi connectivity index (χ0) is 32.8. The number of piperazine rings is 1. The first-order valence-corrected chi connectivity index (χ1v) is 18.5. The van der Waals surface area contributed by atoms with Crippen LogP contribution in [0.4, 0.5) is 16.2 Å². The van der Waals surface area contributed by atoms with Crippen LogP contribution in [-0.2, 0) is 4.79 Å². The predicted octanol–water partition coefficient (Wildman–Crippen LogP) is 9.37. The fourth-order valence-corrected chi connectivity index (χ4v) is 7.21. The summed E-state index contributed by atoms with van der Waals surface area (Å²) in [5, 5.41) is 7.43. The summed E-state index contributed by atoms with van der Waals surface area (Å²) in [6.45, 7) is 7.35. The number of carbonyl (C=O) groups is 1. The lowest BCUT2D eigenvalue weighted by Crippen LogP contribution is -2.48. The molecular weight excluding hydrogens is 645 g/mol. The second-order valence-electron chi connectivity index (χ2n) is 12.7. The van der Waals surface area contributed by atoms with Gasteiger partial charge in [-0.05, 0) is 37.1 Å². The van der Waals surface area contributed by atoms with Crippen LogP contribution in [-0.4, -0.2) is 56.9 Å². The zero-order valence-corrected chi connectivity index (χ0v) is 30.1. The maximum Gasteiger partial charge on any atom is 0.230 e. The Bertz CT molecular complexity index is 1560. The highest BCUT2D eigenvalue weighted by molar-refractivity contribution is 7.18. The van der Waals surface area contributed by atoms with Crippen LogP contribution < -0.4 is 10.6 Å². The van der Waals surface area contributed by atoms with Crippen molar-refractivity contribution in [1.29, 1.82) is 0 Å². The molecule has 1 saturated heterocycles. The second kappa shape index (κ2) is 19.7. The topological polar surface area (TPSA) is 95.9 Å². The number of benzene rings is 1. The van der Waals surface area contributed by atoms with Crippen LogP contribution in [0.15, 0.2) is 42.7 Å². The summed E-state index contributed by atoms with van der Waals surface area (Å²) < 4.78 is 15.8. The number of nitrogens with one attached hydrogen (secondary N) is 2. The van der Waals surface area contributed by atoms with Gasteiger partial charge in [0.25, 0.3) is 0 Å². The molecule has 8 nitrogen and oxygen atoms in total. The molecule has 0 saturated carbocycles. The Hall–Kier alpha value is -3.21. The van der Waals surface area contributed by atoms with E-state index in [4.69, 9.17) is 0 Å². The molecule has 1 amide bonds. The molecule has 0 spiro atoms. The number of pyridine rings is 1. The minimum atomic E-state index is -0.494. The SMILES string of the molecule is CCCCCCCCCCCCCCC(C(=O)N1CCNCC1)c1ccc(Nc2ncc(F)c(-c3ccc4nc(C)sc4c3)n2)nc1.Cl. The van der Waals surface area contributed by atoms with Crippen LogP contribution in [0.2, 0.25) is 0 Å². The largest absolute Gasteiger partial charge is 0.340 e. The van der Waals surface area contributed by atoms with Crippen LogP contribution >= 0.6 is 23.7 Å². The van der Waals surface area contributed by atoms with Gasteiger partial charge in [0, 0.05) is 37.9 Å². The molecule has 1 aliphatic heterocycles. The van der Waals surface area contributed by atoms with E-state index in [9.17, 15) is 9.18 Å². The third-order valence-electron chi connectivity index (χ3n) is 9.01. The number of anilines is 2. The Morgan fingerprint density at radius 3 is 2.27 bits per heavy atom. The Labute approximate surface area is 295 Å². The van der Waals surface area contributed by atoms with Gasteiger partial charge in [0.15, 0.2) is 5.82 Å². The highest BCUT2D eigenvalue weighted by atomic mass is 35.5. The number of hydrogen-bond donors (Lipinski definition) is 2. The average molecular weight is 696 g/mol. The fraction of sp³-hybridized carbons (Fsp3) is 0.541. The van der Waals surface area contributed by atoms with Gasteiger partial charge in [-0.3, -0.25) is 4.79 Å². The van der Waals surface area contributed by atoms with Crippen molar-refractivity contribution in [2.75, 3.05) is 31.5 Å². The van der Waals surface area contributed by atoms with E-state index in [0.29, 0.717) is 11.4 Å². The number of aryl methyl sites for hydroxylation is 1. The van der Waals surface area contributed by atoms with E-state index in [2.05, 4.69) is 37.5 Å². The van der Waals surface area contributed by atoms with Gasteiger partial charge in [-0.2, -0.15) is 0 Å². The number of thiazole rings is 1. The lowest BCUT2D eigenvalue weighted by atomic mass is 9.92. The number of nitrogens with zero attached hydrogens (tertiary/aromatic N) is 5. The van der Waals surface area contributed by atoms with Gasteiger partial charge in [0.05, 0.1) is 27.3 Å². The maximum absolute atomic E-state index is 14.8. The maximum atomic E-state index is 14.8. The van der Waals surface area contributed by atoms with Gasteiger partial charge in [-0.1, -0.05) is 96.1 Å². The standard InChI is InChI=1S/C37H50FN7OS.ClH/c1-3-4-5-6-7-8-9-10-11-12-13-14-15-30(36(46)45-22-20-39-21-23-45)29-17-19-34(40-25-29)43-37-41-26-31(38)35(44-37)28-16-18-32-33(24-28)47-27(2)42-32;/h16-19,24-26,30,39H,3-15,20-23H2,1-2H3,(H,40,41,43,44);1H. The van der Waals surface area contributed by atoms with Crippen molar-refractivity contribution in [3.8, 4) is 11.3 Å². The molecule has 0 aliphatic carbocycles. The first kappa shape index (κ1) is 37.6. The fourth-order valence-electron chi connectivity index (χ4n) is 6.34. The minimum absolute atomic E-state index is 0. The quantitative estimate of drug-likeness (QED) is 0.100. The van der Waals surface area contributed by atoms with Gasteiger partial charge < -0.3 is 15.5 Å². The Kier molecular flexibility index (Phi) is 15.4. The molecule has 0 radical (unpaired) electrons. The molecule has 0 bridgehead atoms. The van der Waals surface area contributed by atoms with Crippen LogP contribution in [0.1, 0.15) is 107 Å². The van der Waals surface area contributed by atoms with E-state index in [1.165, 1.54) is 70.4 Å². The molecule has 3 aromatic heterocycles. The van der Waals surface area contributed by atoms with Crippen molar-refractivity contribution in [3.05, 3.63) is 59.1 Å². The van der Waals surface area contributed by atoms with Crippen LogP contribution in [0.5, 0.6) is 0 Å². The normalized spacial score (nSPS) is 13.8. The molecule has 11 heteroatoms. The van der Waals surface area contributed by atoms with Crippen molar-refractivity contribution >= 4 is 51.6 Å². The van der Waals surface area contributed by atoms with Crippen LogP contribution in [0.25, 0.3) is 21.5 Å². The van der Waals surface area contributed by atoms with Gasteiger partial charge in [0.1, 0.15) is 11.5 Å². The van der Waals surface area contributed by atoms with E-state index in [0.717, 1.165) is 66.2 Å². The summed E-state index contributed by atoms with van der Waals surface area (Å²) >= 11 is 1.57. The number of amides is 1. The summed E-state index contributed by atoms with van der Waals surface area (Å²) in [6.07, 6.45) is 19.3. The number of carbonyl (C=O) groups excluding carboxylic acids is 1. The molecular formula is C37H51ClFN7OS. The number of hydrogen-bond acceptors (Lipinski definition) is 8. The molecule has 1 fully saturated rings. The first-order valence-electron chi connectivity index (χ1n) is 17.6. The Balaban J connectivity index is 0.00000520. The molecule has 48 heavy (non-hydrogen) atoms. The summed E-state index contributed by atoms with van der Waals surface area (Å²) in [6, 6.07) is 9.46. The van der Waals surface area contributed by atoms with Gasteiger partial charge in [0.2, 0.25) is 11.9 Å². The summed E-state index contributed by atoms with van der Waals surface area (Å²) in [4.78, 5) is 33.4. The van der Waals surface area contributed by atoms with Crippen LogP contribution in [0, 0.1) is 12.7 Å². The Morgan fingerprint density at radius 1 is 0.917 bits per heavy atom. The van der Waals surface area contributed by atoms with Crippen molar-refractivity contribution in [3.63, 3.8) is 0 Å². The molecule has 1 aromatic carbocycles. The van der Waals surface area contributed by atoms with Crippen LogP contribution in [0.3, 0.4) is 0 Å². The first-order chi connectivity index (χ1) is 23.0. The summed E-state index contributed by atoms with van der Waals surface area (Å²) in [5.41, 5.74) is 2.70. The highest BCUT2D eigenvalue weighted by Gasteiger charge is 2.27. The van der Waals surface area contributed by atoms with Crippen molar-refractivity contribution in [1.82, 2.24) is 30.2 Å². The van der Waals surface area contributed by atoms with Crippen molar-refractivity contribution in [2.45, 2.75) is 103 Å². The monoisotopic (exact) mass is 695 g/mol. The molecule has 1 atom stereocenters. The van der Waals surface area contributed by atoms with E-state index in [1.54, 1.807) is 17.5 Å². The van der Waals surface area contributed by atoms with Gasteiger partial charge >= 0.3 is 0 Å². The molecule has 4 heterocycles. The molecule has 4 aromatic rings. The molecule has 2 N–H and O–H groups in total. The highest BCUT2D eigenvalue weighted by Crippen LogP contribution is 2.30. The van der Waals surface area contributed by atoms with E-state index >= 15 is 0 Å². The number of unbranched alkanes of at least 4 members (excludes halogenated alkanes) is 11. The summed E-state index contributed by atoms with van der Waals surface area (Å²) in [7, 11) is 0. The lowest BCUT2D eigenvalue weighted by Gasteiger charge is -2.31. The number of aromatic nitrogens is 4. The zero-order valence-electron chi connectivity index (χ0n) is 28.5. The smallest absolute Gasteiger partial charge is 0.230 e. The third kappa shape index (κ3) is 10.9. The minimum Gasteiger partial charge on any atom is -0.340 e. The van der Waals surface area contributed by atoms with E-state index in [1.807, 2.05) is 42.2 Å². The predicted molar refractivity (Wildman–Crippen MR) is 198 cm³/mol. The number of rotatable bonds is 18. The Morgan fingerprint density at radius 2 is 1.60 bits per heavy atom. The number of halogens is 2. The van der Waals surface area contributed by atoms with E-state index < -0.39 is 5.82 Å². The third-order valence-corrected chi connectivity index (χ3v) is 9.95. The number of fused-ring (bicyclic) bond motifs is 1. The molecule has 1 unspecified atom stereocenters. The van der Waals surface area contributed by atoms with Gasteiger partial charge in [-0.25, -0.2) is 24.3 Å². The molecule has 5 rings (SSSR count). The second-order valence-corrected chi connectivity index (χ2v) is 13.9. The van der Waals surface area contributed by atoms with Crippen molar-refractivity contribution < 1.29 is 9.18 Å². The molecule has 1 aliphatic rings.